The van der Waals surface area contributed by atoms with Crippen LogP contribution in [0.5, 0.6) is 11.5 Å². The number of hydrogen-bond acceptors (Lipinski definition) is 4. The summed E-state index contributed by atoms with van der Waals surface area (Å²) in [6.45, 7) is 2.69. The number of nitrogens with one attached hydrogen (secondary N) is 1. The van der Waals surface area contributed by atoms with Crippen LogP contribution in [0.2, 0.25) is 5.02 Å². The van der Waals surface area contributed by atoms with Gasteiger partial charge in [-0.3, -0.25) is 9.69 Å². The maximum Gasteiger partial charge on any atom is 0.234 e. The van der Waals surface area contributed by atoms with Gasteiger partial charge in [0.25, 0.3) is 0 Å². The molecular weight excluding hydrogens is 352 g/mol. The summed E-state index contributed by atoms with van der Waals surface area (Å²) in [6, 6.07) is 13.9. The number of rotatable bonds is 7. The molecular formula is C20H23ClN2O3. The quantitative estimate of drug-likeness (QED) is 0.809. The predicted octanol–water partition coefficient (Wildman–Crippen LogP) is 2.90. The number of halogens is 1. The summed E-state index contributed by atoms with van der Waals surface area (Å²) in [5, 5.41) is 3.50. The monoisotopic (exact) mass is 374 g/mol. The number of nitrogens with zero attached hydrogens (tertiary/aromatic N) is 1. The highest BCUT2D eigenvalue weighted by molar-refractivity contribution is 6.32. The molecule has 2 aromatic carbocycles. The molecule has 0 saturated carbocycles. The molecule has 0 radical (unpaired) electrons. The first kappa shape index (κ1) is 18.5. The molecule has 5 nitrogen and oxygen atoms in total. The van der Waals surface area contributed by atoms with E-state index in [2.05, 4.69) is 17.4 Å². The van der Waals surface area contributed by atoms with Gasteiger partial charge in [0.1, 0.15) is 13.2 Å². The first-order valence-corrected chi connectivity index (χ1v) is 9.07. The second-order valence-corrected chi connectivity index (χ2v) is 6.77. The molecule has 6 heteroatoms. The molecule has 0 saturated heterocycles. The molecule has 1 heterocycles. The van der Waals surface area contributed by atoms with Gasteiger partial charge in [-0.1, -0.05) is 41.9 Å². The average molecular weight is 375 g/mol. The topological polar surface area (TPSA) is 50.8 Å². The zero-order valence-corrected chi connectivity index (χ0v) is 15.6. The minimum atomic E-state index is 0.00655. The van der Waals surface area contributed by atoms with Crippen molar-refractivity contribution in [2.75, 3.05) is 33.4 Å². The third kappa shape index (κ3) is 5.13. The van der Waals surface area contributed by atoms with E-state index in [1.165, 1.54) is 5.56 Å². The smallest absolute Gasteiger partial charge is 0.234 e. The standard InChI is InChI=1S/C20H23ClN2O3/c1-23(13-15-5-3-2-4-6-15)14-19(24)22-8-7-16-11-17(21)20-18(12-16)25-9-10-26-20/h2-6,11-12H,7-10,13-14H2,1H3,(H,22,24). The summed E-state index contributed by atoms with van der Waals surface area (Å²) in [4.78, 5) is 14.1. The van der Waals surface area contributed by atoms with Gasteiger partial charge in [0.05, 0.1) is 11.6 Å². The van der Waals surface area contributed by atoms with Crippen molar-refractivity contribution in [3.05, 3.63) is 58.6 Å². The van der Waals surface area contributed by atoms with Crippen LogP contribution >= 0.6 is 11.6 Å². The number of amides is 1. The molecule has 1 aliphatic heterocycles. The summed E-state index contributed by atoms with van der Waals surface area (Å²) in [5.74, 6) is 1.29. The van der Waals surface area contributed by atoms with E-state index in [0.29, 0.717) is 49.2 Å². The van der Waals surface area contributed by atoms with Crippen LogP contribution in [0.1, 0.15) is 11.1 Å². The summed E-state index contributed by atoms with van der Waals surface area (Å²) in [7, 11) is 1.94. The highest BCUT2D eigenvalue weighted by Crippen LogP contribution is 2.38. The molecule has 1 N–H and O–H groups in total. The van der Waals surface area contributed by atoms with Crippen LogP contribution in [0.25, 0.3) is 0 Å². The van der Waals surface area contributed by atoms with Gasteiger partial charge in [-0.2, -0.15) is 0 Å². The molecule has 26 heavy (non-hydrogen) atoms. The first-order chi connectivity index (χ1) is 12.6. The summed E-state index contributed by atoms with van der Waals surface area (Å²) in [6.07, 6.45) is 0.685. The summed E-state index contributed by atoms with van der Waals surface area (Å²) < 4.78 is 11.1. The lowest BCUT2D eigenvalue weighted by Crippen LogP contribution is -2.35. The minimum Gasteiger partial charge on any atom is -0.486 e. The van der Waals surface area contributed by atoms with E-state index in [9.17, 15) is 4.79 Å². The maximum atomic E-state index is 12.1. The number of benzene rings is 2. The number of likely N-dealkylation sites (N-methyl/N-ethyl adjacent to an activating group) is 1. The van der Waals surface area contributed by atoms with Crippen LogP contribution in [-0.4, -0.2) is 44.2 Å². The normalized spacial score (nSPS) is 12.9. The summed E-state index contributed by atoms with van der Waals surface area (Å²) >= 11 is 6.24. The van der Waals surface area contributed by atoms with Crippen LogP contribution in [0.3, 0.4) is 0 Å². The van der Waals surface area contributed by atoms with Crippen molar-refractivity contribution in [2.24, 2.45) is 0 Å². The molecule has 0 spiro atoms. The Morgan fingerprint density at radius 2 is 1.92 bits per heavy atom. The van der Waals surface area contributed by atoms with Crippen molar-refractivity contribution in [1.82, 2.24) is 10.2 Å². The molecule has 138 valence electrons. The largest absolute Gasteiger partial charge is 0.486 e. The Hall–Kier alpha value is -2.24. The maximum absolute atomic E-state index is 12.1. The van der Waals surface area contributed by atoms with E-state index in [1.807, 2.05) is 42.3 Å². The molecule has 1 amide bonds. The fourth-order valence-electron chi connectivity index (χ4n) is 2.91. The van der Waals surface area contributed by atoms with E-state index in [-0.39, 0.29) is 5.91 Å². The molecule has 0 unspecified atom stereocenters. The second kappa shape index (κ2) is 8.92. The van der Waals surface area contributed by atoms with Crippen molar-refractivity contribution in [1.29, 1.82) is 0 Å². The van der Waals surface area contributed by atoms with Crippen molar-refractivity contribution in [3.63, 3.8) is 0 Å². The van der Waals surface area contributed by atoms with E-state index in [0.717, 1.165) is 12.1 Å². The van der Waals surface area contributed by atoms with Gasteiger partial charge in [-0.05, 0) is 36.7 Å². The molecule has 0 fully saturated rings. The van der Waals surface area contributed by atoms with E-state index >= 15 is 0 Å². The number of hydrogen-bond donors (Lipinski definition) is 1. The Labute approximate surface area is 158 Å². The van der Waals surface area contributed by atoms with E-state index < -0.39 is 0 Å². The Kier molecular flexibility index (Phi) is 6.36. The zero-order valence-electron chi connectivity index (χ0n) is 14.8. The fraction of sp³-hybridized carbons (Fsp3) is 0.350. The van der Waals surface area contributed by atoms with Gasteiger partial charge in [-0.15, -0.1) is 0 Å². The number of carbonyl (C=O) groups is 1. The van der Waals surface area contributed by atoms with Crippen LogP contribution in [0.15, 0.2) is 42.5 Å². The van der Waals surface area contributed by atoms with Crippen LogP contribution in [-0.2, 0) is 17.8 Å². The molecule has 0 aromatic heterocycles. The molecule has 0 bridgehead atoms. The molecule has 1 aliphatic rings. The average Bonchev–Trinajstić information content (AvgIpc) is 2.62. The molecule has 2 aromatic rings. The second-order valence-electron chi connectivity index (χ2n) is 6.36. The van der Waals surface area contributed by atoms with Crippen molar-refractivity contribution in [2.45, 2.75) is 13.0 Å². The zero-order chi connectivity index (χ0) is 18.4. The Morgan fingerprint density at radius 3 is 2.73 bits per heavy atom. The lowest BCUT2D eigenvalue weighted by atomic mass is 10.1. The highest BCUT2D eigenvalue weighted by Gasteiger charge is 2.16. The van der Waals surface area contributed by atoms with Crippen LogP contribution < -0.4 is 14.8 Å². The third-order valence-corrected chi connectivity index (χ3v) is 4.38. The first-order valence-electron chi connectivity index (χ1n) is 8.69. The van der Waals surface area contributed by atoms with Crippen molar-refractivity contribution in [3.8, 4) is 11.5 Å². The molecule has 3 rings (SSSR count). The summed E-state index contributed by atoms with van der Waals surface area (Å²) in [5.41, 5.74) is 2.20. The van der Waals surface area contributed by atoms with Gasteiger partial charge in [0.2, 0.25) is 5.91 Å². The number of carbonyl (C=O) groups excluding carboxylic acids is 1. The van der Waals surface area contributed by atoms with E-state index in [4.69, 9.17) is 21.1 Å². The lowest BCUT2D eigenvalue weighted by molar-refractivity contribution is -0.122. The number of ether oxygens (including phenoxy) is 2. The van der Waals surface area contributed by atoms with Gasteiger partial charge in [-0.25, -0.2) is 0 Å². The Balaban J connectivity index is 1.44. The van der Waals surface area contributed by atoms with E-state index in [1.54, 1.807) is 0 Å². The van der Waals surface area contributed by atoms with Gasteiger partial charge in [0, 0.05) is 13.1 Å². The predicted molar refractivity (Wildman–Crippen MR) is 102 cm³/mol. The van der Waals surface area contributed by atoms with Crippen LogP contribution in [0.4, 0.5) is 0 Å². The van der Waals surface area contributed by atoms with Gasteiger partial charge < -0.3 is 14.8 Å². The van der Waals surface area contributed by atoms with Crippen molar-refractivity contribution >= 4 is 17.5 Å². The van der Waals surface area contributed by atoms with Gasteiger partial charge >= 0.3 is 0 Å². The SMILES string of the molecule is CN(CC(=O)NCCc1cc(Cl)c2c(c1)OCCO2)Cc1ccccc1. The van der Waals surface area contributed by atoms with Crippen molar-refractivity contribution < 1.29 is 14.3 Å². The number of fused-ring (bicyclic) bond motifs is 1. The Bertz CT molecular complexity index is 752. The molecule has 0 aliphatic carbocycles. The highest BCUT2D eigenvalue weighted by atomic mass is 35.5. The Morgan fingerprint density at radius 1 is 1.15 bits per heavy atom. The minimum absolute atomic E-state index is 0.00655. The lowest BCUT2D eigenvalue weighted by Gasteiger charge is -2.20. The van der Waals surface area contributed by atoms with Crippen LogP contribution in [0, 0.1) is 0 Å². The third-order valence-electron chi connectivity index (χ3n) is 4.10. The van der Waals surface area contributed by atoms with Gasteiger partial charge in [0.15, 0.2) is 11.5 Å². The fourth-order valence-corrected chi connectivity index (χ4v) is 3.19. The molecule has 0 atom stereocenters.